The first kappa shape index (κ1) is 18.4. The Kier molecular flexibility index (Phi) is 12.1. The fraction of sp³-hybridized carbons (Fsp3) is 0.923. The summed E-state index contributed by atoms with van der Waals surface area (Å²) in [5.41, 5.74) is 0.517. The molecule has 0 aromatic rings. The van der Waals surface area contributed by atoms with Crippen molar-refractivity contribution in [3.8, 4) is 0 Å². The molecule has 0 saturated heterocycles. The quantitative estimate of drug-likeness (QED) is 0.469. The zero-order valence-corrected chi connectivity index (χ0v) is 13.7. The van der Waals surface area contributed by atoms with Gasteiger partial charge in [-0.2, -0.15) is 0 Å². The molecule has 0 aliphatic rings. The van der Waals surface area contributed by atoms with E-state index in [4.69, 9.17) is 8.85 Å². The number of hydrogen-bond donors (Lipinski definition) is 1. The van der Waals surface area contributed by atoms with Crippen molar-refractivity contribution >= 4 is 15.4 Å². The number of hydrogen-bond acceptors (Lipinski definition) is 4. The molecule has 1 radical (unpaired) electrons. The van der Waals surface area contributed by atoms with Crippen molar-refractivity contribution in [3.05, 3.63) is 0 Å². The topological polar surface area (TPSA) is 56.8 Å². The molecule has 0 fully saturated rings. The number of unbranched alkanes of at least 4 members (excludes halogenated alkanes) is 1. The van der Waals surface area contributed by atoms with Gasteiger partial charge in [0, 0.05) is 25.3 Å². The lowest BCUT2D eigenvalue weighted by molar-refractivity contribution is 0.170. The van der Waals surface area contributed by atoms with Crippen LogP contribution in [-0.2, 0) is 13.6 Å². The fourth-order valence-corrected chi connectivity index (χ4v) is 3.73. The first-order chi connectivity index (χ1) is 9.19. The van der Waals surface area contributed by atoms with Gasteiger partial charge >= 0.3 is 15.4 Å². The van der Waals surface area contributed by atoms with Gasteiger partial charge in [0.15, 0.2) is 0 Å². The third kappa shape index (κ3) is 9.02. The number of ether oxygens (including phenoxy) is 1. The van der Waals surface area contributed by atoms with E-state index >= 15 is 0 Å². The molecule has 0 rings (SSSR count). The first-order valence-electron chi connectivity index (χ1n) is 7.13. The van der Waals surface area contributed by atoms with Crippen molar-refractivity contribution in [1.29, 1.82) is 0 Å². The zero-order chi connectivity index (χ0) is 14.5. The Morgan fingerprint density at radius 2 is 1.79 bits per heavy atom. The molecule has 0 aliphatic carbocycles. The lowest BCUT2D eigenvalue weighted by Gasteiger charge is -2.22. The van der Waals surface area contributed by atoms with Crippen LogP contribution in [0.3, 0.4) is 0 Å². The van der Waals surface area contributed by atoms with Crippen LogP contribution in [0.5, 0.6) is 0 Å². The minimum Gasteiger partial charge on any atom is -0.453 e. The van der Waals surface area contributed by atoms with Crippen LogP contribution in [-0.4, -0.2) is 42.2 Å². The van der Waals surface area contributed by atoms with Crippen molar-refractivity contribution in [1.82, 2.24) is 5.32 Å². The summed E-state index contributed by atoms with van der Waals surface area (Å²) in [5, 5.41) is 2.69. The molecule has 0 aromatic carbocycles. The maximum absolute atomic E-state index is 10.9. The SMILES string of the molecule is CCO[Si](OCC)C(CC)CCCCNC(=O)OC. The van der Waals surface area contributed by atoms with Crippen molar-refractivity contribution in [2.75, 3.05) is 26.9 Å². The van der Waals surface area contributed by atoms with Crippen LogP contribution in [0.15, 0.2) is 0 Å². The fourth-order valence-electron chi connectivity index (χ4n) is 1.83. The van der Waals surface area contributed by atoms with Crippen LogP contribution in [0.25, 0.3) is 0 Å². The summed E-state index contributed by atoms with van der Waals surface area (Å²) in [6.07, 6.45) is 3.84. The Balaban J connectivity index is 3.86. The Hall–Kier alpha value is -0.593. The van der Waals surface area contributed by atoms with Gasteiger partial charge in [0.05, 0.1) is 7.11 Å². The van der Waals surface area contributed by atoms with Crippen molar-refractivity contribution in [3.63, 3.8) is 0 Å². The zero-order valence-electron chi connectivity index (χ0n) is 12.7. The number of nitrogens with one attached hydrogen (secondary N) is 1. The highest BCUT2D eigenvalue weighted by molar-refractivity contribution is 6.46. The highest BCUT2D eigenvalue weighted by Crippen LogP contribution is 2.23. The molecule has 0 aromatic heterocycles. The lowest BCUT2D eigenvalue weighted by atomic mass is 10.1. The van der Waals surface area contributed by atoms with Crippen LogP contribution < -0.4 is 5.32 Å². The molecule has 0 spiro atoms. The Labute approximate surface area is 118 Å². The summed E-state index contributed by atoms with van der Waals surface area (Å²) >= 11 is 0. The maximum atomic E-state index is 10.9. The minimum atomic E-state index is -1.16. The van der Waals surface area contributed by atoms with E-state index < -0.39 is 9.28 Å². The molecule has 5 nitrogen and oxygen atoms in total. The van der Waals surface area contributed by atoms with Gasteiger partial charge in [0.25, 0.3) is 0 Å². The number of methoxy groups -OCH3 is 1. The number of rotatable bonds is 11. The molecule has 1 N–H and O–H groups in total. The standard InChI is InChI=1S/C13H28NO4Si/c1-5-12(19(17-6-2)18-7-3)10-8-9-11-14-13(15)16-4/h12H,5-11H2,1-4H3,(H,14,15). The normalized spacial score (nSPS) is 12.5. The Morgan fingerprint density at radius 3 is 2.26 bits per heavy atom. The summed E-state index contributed by atoms with van der Waals surface area (Å²) in [7, 11) is 0.221. The van der Waals surface area contributed by atoms with E-state index in [1.54, 1.807) is 0 Å². The molecule has 1 atom stereocenters. The molecule has 113 valence electrons. The van der Waals surface area contributed by atoms with E-state index in [2.05, 4.69) is 17.0 Å². The number of carbonyl (C=O) groups excluding carboxylic acids is 1. The predicted octanol–water partition coefficient (Wildman–Crippen LogP) is 2.85. The molecular formula is C13H28NO4Si. The average Bonchev–Trinajstić information content (AvgIpc) is 2.42. The average molecular weight is 290 g/mol. The second-order valence-electron chi connectivity index (χ2n) is 4.20. The number of alkyl carbamates (subject to hydrolysis) is 1. The van der Waals surface area contributed by atoms with Crippen molar-refractivity contribution < 1.29 is 18.4 Å². The van der Waals surface area contributed by atoms with Crippen LogP contribution in [0.4, 0.5) is 4.79 Å². The lowest BCUT2D eigenvalue weighted by Crippen LogP contribution is -2.29. The van der Waals surface area contributed by atoms with Gasteiger partial charge in [0.2, 0.25) is 0 Å². The minimum absolute atomic E-state index is 0.361. The van der Waals surface area contributed by atoms with E-state index in [9.17, 15) is 4.79 Å². The van der Waals surface area contributed by atoms with Gasteiger partial charge in [-0.25, -0.2) is 4.79 Å². The van der Waals surface area contributed by atoms with E-state index in [1.165, 1.54) is 7.11 Å². The van der Waals surface area contributed by atoms with E-state index in [-0.39, 0.29) is 6.09 Å². The molecule has 0 heterocycles. The number of amides is 1. The molecule has 0 bridgehead atoms. The van der Waals surface area contributed by atoms with Gasteiger partial charge in [-0.1, -0.05) is 19.8 Å². The number of carbonyl (C=O) groups is 1. The van der Waals surface area contributed by atoms with Crippen LogP contribution in [0.1, 0.15) is 46.5 Å². The first-order valence-corrected chi connectivity index (χ1v) is 8.53. The summed E-state index contributed by atoms with van der Waals surface area (Å²) in [4.78, 5) is 10.9. The molecule has 1 amide bonds. The van der Waals surface area contributed by atoms with Gasteiger partial charge < -0.3 is 18.9 Å². The summed E-state index contributed by atoms with van der Waals surface area (Å²) < 4.78 is 16.0. The highest BCUT2D eigenvalue weighted by Gasteiger charge is 2.25. The van der Waals surface area contributed by atoms with E-state index in [1.807, 2.05) is 13.8 Å². The highest BCUT2D eigenvalue weighted by atomic mass is 28.3. The maximum Gasteiger partial charge on any atom is 0.406 e. The van der Waals surface area contributed by atoms with Crippen LogP contribution in [0.2, 0.25) is 5.54 Å². The second-order valence-corrected chi connectivity index (χ2v) is 6.24. The summed E-state index contributed by atoms with van der Waals surface area (Å²) in [5.74, 6) is 0. The van der Waals surface area contributed by atoms with Crippen LogP contribution in [0, 0.1) is 0 Å². The van der Waals surface area contributed by atoms with Gasteiger partial charge in [-0.15, -0.1) is 0 Å². The Morgan fingerprint density at radius 1 is 1.16 bits per heavy atom. The third-order valence-electron chi connectivity index (χ3n) is 2.83. The smallest absolute Gasteiger partial charge is 0.406 e. The van der Waals surface area contributed by atoms with E-state index in [0.717, 1.165) is 25.7 Å². The summed E-state index contributed by atoms with van der Waals surface area (Å²) in [6, 6.07) is 0. The summed E-state index contributed by atoms with van der Waals surface area (Å²) in [6.45, 7) is 8.30. The van der Waals surface area contributed by atoms with E-state index in [0.29, 0.717) is 25.3 Å². The molecule has 6 heteroatoms. The molecular weight excluding hydrogens is 262 g/mol. The Bertz CT molecular complexity index is 223. The molecule has 19 heavy (non-hydrogen) atoms. The van der Waals surface area contributed by atoms with Crippen LogP contribution >= 0.6 is 0 Å². The molecule has 1 unspecified atom stereocenters. The van der Waals surface area contributed by atoms with Crippen molar-refractivity contribution in [2.24, 2.45) is 0 Å². The predicted molar refractivity (Wildman–Crippen MR) is 77.3 cm³/mol. The third-order valence-corrected chi connectivity index (χ3v) is 5.34. The molecule has 0 aliphatic heterocycles. The monoisotopic (exact) mass is 290 g/mol. The molecule has 0 saturated carbocycles. The van der Waals surface area contributed by atoms with Gasteiger partial charge in [-0.05, 0) is 26.7 Å². The van der Waals surface area contributed by atoms with Gasteiger partial charge in [-0.3, -0.25) is 0 Å². The second kappa shape index (κ2) is 12.4. The van der Waals surface area contributed by atoms with Crippen molar-refractivity contribution in [2.45, 2.75) is 52.0 Å². The largest absolute Gasteiger partial charge is 0.453 e. The van der Waals surface area contributed by atoms with Gasteiger partial charge in [0.1, 0.15) is 0 Å².